The summed E-state index contributed by atoms with van der Waals surface area (Å²) in [6, 6.07) is 7.17. The van der Waals surface area contributed by atoms with E-state index in [1.54, 1.807) is 12.1 Å². The topological polar surface area (TPSA) is 67.4 Å². The van der Waals surface area contributed by atoms with Crippen LogP contribution in [-0.4, -0.2) is 48.9 Å². The molecule has 2 rings (SSSR count). The van der Waals surface area contributed by atoms with E-state index >= 15 is 0 Å². The predicted octanol–water partition coefficient (Wildman–Crippen LogP) is 1.17. The SMILES string of the molecule is CCCOS(=O)(=O)C1(S)Nc2ccccc2N1.[NaH]. The van der Waals surface area contributed by atoms with E-state index in [0.717, 1.165) is 0 Å². The van der Waals surface area contributed by atoms with Gasteiger partial charge in [0.25, 0.3) is 4.33 Å². The van der Waals surface area contributed by atoms with Crippen molar-refractivity contribution in [1.29, 1.82) is 0 Å². The molecular formula is C10H15N2NaO3S2. The Hall–Kier alpha value is 0.0800. The number of hydrogen-bond donors (Lipinski definition) is 3. The van der Waals surface area contributed by atoms with Crippen molar-refractivity contribution in [3.63, 3.8) is 0 Å². The fourth-order valence-corrected chi connectivity index (χ4v) is 2.93. The van der Waals surface area contributed by atoms with Crippen LogP contribution in [0.25, 0.3) is 0 Å². The number of rotatable bonds is 4. The van der Waals surface area contributed by atoms with Crippen molar-refractivity contribution in [2.45, 2.75) is 17.7 Å². The van der Waals surface area contributed by atoms with Crippen LogP contribution < -0.4 is 10.6 Å². The van der Waals surface area contributed by atoms with Crippen LogP contribution in [0.15, 0.2) is 24.3 Å². The minimum atomic E-state index is -3.85. The summed E-state index contributed by atoms with van der Waals surface area (Å²) in [4.78, 5) is 0. The first-order valence-electron chi connectivity index (χ1n) is 5.25. The molecule has 0 aliphatic carbocycles. The zero-order valence-electron chi connectivity index (χ0n) is 9.30. The Balaban J connectivity index is 0.00000162. The molecular weight excluding hydrogens is 283 g/mol. The van der Waals surface area contributed by atoms with Gasteiger partial charge in [0.1, 0.15) is 0 Å². The number of hydrogen-bond acceptors (Lipinski definition) is 6. The van der Waals surface area contributed by atoms with Gasteiger partial charge >= 0.3 is 39.7 Å². The molecule has 0 bridgehead atoms. The second-order valence-corrected chi connectivity index (χ2v) is 6.45. The van der Waals surface area contributed by atoms with E-state index < -0.39 is 14.4 Å². The predicted molar refractivity (Wildman–Crippen MR) is 77.7 cm³/mol. The van der Waals surface area contributed by atoms with Gasteiger partial charge < -0.3 is 10.6 Å². The Morgan fingerprint density at radius 3 is 2.22 bits per heavy atom. The van der Waals surface area contributed by atoms with Gasteiger partial charge in [-0.25, -0.2) is 0 Å². The molecule has 0 amide bonds. The van der Waals surface area contributed by atoms with E-state index in [9.17, 15) is 8.42 Å². The third-order valence-electron chi connectivity index (χ3n) is 2.34. The van der Waals surface area contributed by atoms with E-state index in [1.165, 1.54) is 0 Å². The summed E-state index contributed by atoms with van der Waals surface area (Å²) in [6.07, 6.45) is 0.621. The normalized spacial score (nSPS) is 16.1. The van der Waals surface area contributed by atoms with Gasteiger partial charge in [0, 0.05) is 0 Å². The number of thiol groups is 1. The molecule has 0 spiro atoms. The summed E-state index contributed by atoms with van der Waals surface area (Å²) in [5.74, 6) is 0. The summed E-state index contributed by atoms with van der Waals surface area (Å²) in [7, 11) is -3.85. The number of anilines is 2. The molecule has 0 unspecified atom stereocenters. The summed E-state index contributed by atoms with van der Waals surface area (Å²) < 4.78 is 27.2. The molecule has 5 nitrogen and oxygen atoms in total. The quantitative estimate of drug-likeness (QED) is 0.442. The fraction of sp³-hybridized carbons (Fsp3) is 0.400. The number of fused-ring (bicyclic) bond motifs is 1. The Labute approximate surface area is 135 Å². The van der Waals surface area contributed by atoms with Crippen molar-refractivity contribution in [2.75, 3.05) is 17.2 Å². The Morgan fingerprint density at radius 1 is 1.28 bits per heavy atom. The van der Waals surface area contributed by atoms with E-state index in [1.807, 2.05) is 19.1 Å². The van der Waals surface area contributed by atoms with Gasteiger partial charge in [-0.3, -0.25) is 4.18 Å². The molecule has 2 N–H and O–H groups in total. The van der Waals surface area contributed by atoms with Crippen molar-refractivity contribution >= 4 is 63.7 Å². The van der Waals surface area contributed by atoms with E-state index in [2.05, 4.69) is 23.3 Å². The maximum absolute atomic E-state index is 12.0. The zero-order chi connectivity index (χ0) is 12.5. The number of nitrogens with one attached hydrogen (secondary N) is 2. The molecule has 0 radical (unpaired) electrons. The van der Waals surface area contributed by atoms with Crippen LogP contribution in [0.2, 0.25) is 0 Å². The van der Waals surface area contributed by atoms with Crippen LogP contribution in [0.3, 0.4) is 0 Å². The van der Waals surface area contributed by atoms with Crippen LogP contribution in [0.1, 0.15) is 13.3 Å². The van der Waals surface area contributed by atoms with Crippen molar-refractivity contribution in [3.8, 4) is 0 Å². The summed E-state index contributed by atoms with van der Waals surface area (Å²) in [5, 5.41) is 5.60. The third-order valence-corrected chi connectivity index (χ3v) is 4.64. The standard InChI is InChI=1S/C10H14N2O3S2.Na.H/c1-2-7-15-17(13,14)10(16)11-8-5-3-4-6-9(8)12-10;;/h3-6,11-12,16H,2,7H2,1H3;;. The maximum atomic E-state index is 12.0. The Morgan fingerprint density at radius 2 is 1.78 bits per heavy atom. The molecule has 0 fully saturated rings. The minimum absolute atomic E-state index is 0. The van der Waals surface area contributed by atoms with Crippen LogP contribution in [-0.2, 0) is 14.3 Å². The molecule has 0 saturated carbocycles. The van der Waals surface area contributed by atoms with Crippen LogP contribution >= 0.6 is 12.6 Å². The van der Waals surface area contributed by atoms with Crippen molar-refractivity contribution < 1.29 is 12.6 Å². The monoisotopic (exact) mass is 298 g/mol. The Kier molecular flexibility index (Phi) is 5.40. The van der Waals surface area contributed by atoms with Crippen molar-refractivity contribution in [1.82, 2.24) is 0 Å². The van der Waals surface area contributed by atoms with Gasteiger partial charge in [0.05, 0.1) is 18.0 Å². The van der Waals surface area contributed by atoms with Crippen molar-refractivity contribution in [3.05, 3.63) is 24.3 Å². The van der Waals surface area contributed by atoms with Crippen molar-refractivity contribution in [2.24, 2.45) is 0 Å². The number of para-hydroxylation sites is 2. The van der Waals surface area contributed by atoms with Gasteiger partial charge in [0.2, 0.25) is 0 Å². The first kappa shape index (κ1) is 16.1. The van der Waals surface area contributed by atoms with E-state index in [4.69, 9.17) is 4.18 Å². The average Bonchev–Trinajstić information content (AvgIpc) is 2.64. The Bertz CT molecular complexity index is 497. The number of benzene rings is 1. The first-order valence-corrected chi connectivity index (χ1v) is 7.11. The fourth-order valence-electron chi connectivity index (χ4n) is 1.50. The van der Waals surface area contributed by atoms with E-state index in [0.29, 0.717) is 17.8 Å². The average molecular weight is 298 g/mol. The van der Waals surface area contributed by atoms with Crippen LogP contribution in [0.4, 0.5) is 11.4 Å². The second-order valence-electron chi connectivity index (χ2n) is 3.72. The van der Waals surface area contributed by atoms with Gasteiger partial charge in [0.15, 0.2) is 0 Å². The summed E-state index contributed by atoms with van der Waals surface area (Å²) in [6.45, 7) is 1.98. The molecule has 96 valence electrons. The van der Waals surface area contributed by atoms with Gasteiger partial charge in [-0.2, -0.15) is 8.42 Å². The first-order chi connectivity index (χ1) is 7.98. The third kappa shape index (κ3) is 2.97. The molecule has 1 aliphatic rings. The summed E-state index contributed by atoms with van der Waals surface area (Å²) in [5.41, 5.74) is 1.37. The molecule has 18 heavy (non-hydrogen) atoms. The molecule has 0 aromatic heterocycles. The molecule has 8 heteroatoms. The van der Waals surface area contributed by atoms with Gasteiger partial charge in [-0.15, -0.1) is 12.6 Å². The molecule has 1 aromatic carbocycles. The second kappa shape index (κ2) is 6.02. The molecule has 1 heterocycles. The van der Waals surface area contributed by atoms with Crippen LogP contribution in [0.5, 0.6) is 0 Å². The van der Waals surface area contributed by atoms with Gasteiger partial charge in [-0.05, 0) is 18.6 Å². The molecule has 1 aliphatic heterocycles. The van der Waals surface area contributed by atoms with Crippen LogP contribution in [0, 0.1) is 0 Å². The molecule has 0 saturated heterocycles. The molecule has 1 aromatic rings. The molecule has 0 atom stereocenters. The summed E-state index contributed by atoms with van der Waals surface area (Å²) >= 11 is 4.14. The van der Waals surface area contributed by atoms with Gasteiger partial charge in [-0.1, -0.05) is 19.1 Å². The van der Waals surface area contributed by atoms with E-state index in [-0.39, 0.29) is 36.2 Å². The zero-order valence-corrected chi connectivity index (χ0v) is 11.0.